The normalized spacial score (nSPS) is 10.2. The van der Waals surface area contributed by atoms with E-state index in [1.165, 1.54) is 11.3 Å². The molecule has 0 spiro atoms. The van der Waals surface area contributed by atoms with Gasteiger partial charge in [0, 0.05) is 25.5 Å². The van der Waals surface area contributed by atoms with Crippen LogP contribution in [0.1, 0.15) is 12.5 Å². The summed E-state index contributed by atoms with van der Waals surface area (Å²) in [5, 5.41) is 1.95. The van der Waals surface area contributed by atoms with E-state index in [2.05, 4.69) is 71.2 Å². The van der Waals surface area contributed by atoms with Gasteiger partial charge < -0.3 is 9.88 Å². The van der Waals surface area contributed by atoms with Gasteiger partial charge in [-0.2, -0.15) is 0 Å². The van der Waals surface area contributed by atoms with E-state index in [0.29, 0.717) is 0 Å². The summed E-state index contributed by atoms with van der Waals surface area (Å²) in [5.74, 6) is 1.90. The molecule has 25 heavy (non-hydrogen) atoms. The molecular weight excluding hydrogens is 395 g/mol. The van der Waals surface area contributed by atoms with Gasteiger partial charge in [-0.25, -0.2) is 9.97 Å². The van der Waals surface area contributed by atoms with Gasteiger partial charge in [-0.1, -0.05) is 36.9 Å². The highest BCUT2D eigenvalue weighted by Gasteiger charge is 2.08. The van der Waals surface area contributed by atoms with Crippen LogP contribution >= 0.6 is 48.3 Å². The van der Waals surface area contributed by atoms with E-state index >= 15 is 0 Å². The van der Waals surface area contributed by atoms with Crippen LogP contribution in [0, 0.1) is 0 Å². The first-order valence-electron chi connectivity index (χ1n) is 7.55. The molecule has 136 valence electrons. The van der Waals surface area contributed by atoms with E-state index in [4.69, 9.17) is 0 Å². The molecule has 0 bridgehead atoms. The number of nitrogens with one attached hydrogen (secondary N) is 1. The minimum absolute atomic E-state index is 0. The van der Waals surface area contributed by atoms with Crippen LogP contribution in [0.3, 0.4) is 0 Å². The molecule has 0 amide bonds. The Morgan fingerprint density at radius 2 is 1.76 bits per heavy atom. The quantitative estimate of drug-likeness (QED) is 0.554. The summed E-state index contributed by atoms with van der Waals surface area (Å²) in [6, 6.07) is 12.6. The number of hydrogen-bond acceptors (Lipinski definition) is 5. The van der Waals surface area contributed by atoms with Crippen molar-refractivity contribution in [3.63, 3.8) is 0 Å². The first-order chi connectivity index (χ1) is 11.2. The van der Waals surface area contributed by atoms with Gasteiger partial charge in [0.05, 0.1) is 10.5 Å². The highest BCUT2D eigenvalue weighted by molar-refractivity contribution is 7.99. The van der Waals surface area contributed by atoms with Crippen LogP contribution in [0.15, 0.2) is 46.6 Å². The number of anilines is 1. The molecule has 2 aromatic heterocycles. The fourth-order valence-corrected chi connectivity index (χ4v) is 3.85. The molecule has 0 aliphatic carbocycles. The number of imidazole rings is 1. The van der Waals surface area contributed by atoms with Crippen molar-refractivity contribution in [2.24, 2.45) is 0 Å². The number of halogens is 2. The van der Waals surface area contributed by atoms with Gasteiger partial charge in [0.1, 0.15) is 0 Å². The third kappa shape index (κ3) is 5.45. The fourth-order valence-electron chi connectivity index (χ4n) is 2.37. The maximum atomic E-state index is 4.61. The Labute approximate surface area is 169 Å². The van der Waals surface area contributed by atoms with Gasteiger partial charge in [0.2, 0.25) is 0 Å². The highest BCUT2D eigenvalue weighted by Crippen LogP contribution is 2.28. The Kier molecular flexibility index (Phi) is 8.93. The molecule has 0 saturated carbocycles. The lowest BCUT2D eigenvalue weighted by molar-refractivity contribution is 1.06. The number of fused-ring (bicyclic) bond motifs is 1. The molecule has 3 rings (SSSR count). The lowest BCUT2D eigenvalue weighted by atomic mass is 10.2. The summed E-state index contributed by atoms with van der Waals surface area (Å²) in [4.78, 5) is 14.7. The minimum Gasteiger partial charge on any atom is -0.377 e. The second-order valence-electron chi connectivity index (χ2n) is 5.31. The largest absolute Gasteiger partial charge is 0.377 e. The van der Waals surface area contributed by atoms with Crippen molar-refractivity contribution >= 4 is 65.2 Å². The second kappa shape index (κ2) is 10.2. The average Bonchev–Trinajstić information content (AvgIpc) is 2.95. The summed E-state index contributed by atoms with van der Waals surface area (Å²) in [6.45, 7) is 2.13. The zero-order valence-electron chi connectivity index (χ0n) is 14.4. The number of hydrogen-bond donors (Lipinski definition) is 1. The lowest BCUT2D eigenvalue weighted by Crippen LogP contribution is -2.10. The van der Waals surface area contributed by atoms with Gasteiger partial charge in [0.15, 0.2) is 10.8 Å². The Bertz CT molecular complexity index is 808. The predicted octanol–water partition coefficient (Wildman–Crippen LogP) is 5.27. The molecule has 0 radical (unpaired) electrons. The average molecular weight is 417 g/mol. The molecule has 1 N–H and O–H groups in total. The molecule has 0 aliphatic heterocycles. The molecule has 0 fully saturated rings. The molecule has 8 heteroatoms. The Morgan fingerprint density at radius 1 is 1.00 bits per heavy atom. The Morgan fingerprint density at radius 3 is 2.48 bits per heavy atom. The number of thioether (sulfide) groups is 2. The van der Waals surface area contributed by atoms with E-state index in [-0.39, 0.29) is 24.8 Å². The molecule has 0 atom stereocenters. The topological polar surface area (TPSA) is 44.8 Å². The fraction of sp³-hybridized carbons (Fsp3) is 0.294. The summed E-state index contributed by atoms with van der Waals surface area (Å²) in [5.41, 5.74) is 4.34. The SMILES string of the molecule is CCSc1ccc2[nH]c(SCc3ccccc3N(C)C)nc2n1.Cl.Cl. The second-order valence-corrected chi connectivity index (χ2v) is 7.56. The minimum atomic E-state index is 0. The number of aromatic nitrogens is 3. The maximum Gasteiger partial charge on any atom is 0.179 e. The van der Waals surface area contributed by atoms with Crippen molar-refractivity contribution in [2.45, 2.75) is 22.9 Å². The number of para-hydroxylation sites is 1. The Hall–Kier alpha value is -1.08. The first-order valence-corrected chi connectivity index (χ1v) is 9.52. The van der Waals surface area contributed by atoms with Crippen LogP contribution in [-0.2, 0) is 5.75 Å². The third-order valence-corrected chi connectivity index (χ3v) is 5.16. The number of aromatic amines is 1. The van der Waals surface area contributed by atoms with E-state index in [0.717, 1.165) is 32.9 Å². The monoisotopic (exact) mass is 416 g/mol. The van der Waals surface area contributed by atoms with Crippen molar-refractivity contribution in [3.8, 4) is 0 Å². The third-order valence-electron chi connectivity index (χ3n) is 3.43. The van der Waals surface area contributed by atoms with Crippen molar-refractivity contribution < 1.29 is 0 Å². The molecule has 0 unspecified atom stereocenters. The number of pyridine rings is 1. The van der Waals surface area contributed by atoms with Crippen LogP contribution in [0.4, 0.5) is 5.69 Å². The summed E-state index contributed by atoms with van der Waals surface area (Å²) < 4.78 is 0. The van der Waals surface area contributed by atoms with E-state index in [1.54, 1.807) is 23.5 Å². The van der Waals surface area contributed by atoms with Crippen LogP contribution < -0.4 is 4.90 Å². The van der Waals surface area contributed by atoms with Crippen LogP contribution in [0.25, 0.3) is 11.2 Å². The molecule has 3 aromatic rings. The van der Waals surface area contributed by atoms with Gasteiger partial charge in [-0.3, -0.25) is 0 Å². The van der Waals surface area contributed by atoms with E-state index < -0.39 is 0 Å². The summed E-state index contributed by atoms with van der Waals surface area (Å²) in [6.07, 6.45) is 0. The first kappa shape index (κ1) is 22.0. The standard InChI is InChI=1S/C17H20N4S2.2ClH/c1-4-22-15-10-9-13-16(19-15)20-17(18-13)23-11-12-7-5-6-8-14(12)21(2)3;;/h5-10H,4,11H2,1-3H3,(H,18,19,20);2*1H. The summed E-state index contributed by atoms with van der Waals surface area (Å²) in [7, 11) is 4.14. The van der Waals surface area contributed by atoms with Crippen LogP contribution in [0.5, 0.6) is 0 Å². The zero-order valence-corrected chi connectivity index (χ0v) is 17.6. The lowest BCUT2D eigenvalue weighted by Gasteiger charge is -2.16. The zero-order chi connectivity index (χ0) is 16.2. The van der Waals surface area contributed by atoms with Crippen molar-refractivity contribution in [1.29, 1.82) is 0 Å². The van der Waals surface area contributed by atoms with E-state index in [1.807, 2.05) is 6.07 Å². The van der Waals surface area contributed by atoms with Gasteiger partial charge in [0.25, 0.3) is 0 Å². The summed E-state index contributed by atoms with van der Waals surface area (Å²) >= 11 is 3.45. The molecule has 1 aromatic carbocycles. The van der Waals surface area contributed by atoms with Gasteiger partial charge in [-0.15, -0.1) is 36.6 Å². The van der Waals surface area contributed by atoms with Crippen molar-refractivity contribution in [2.75, 3.05) is 24.7 Å². The predicted molar refractivity (Wildman–Crippen MR) is 115 cm³/mol. The molecule has 0 saturated heterocycles. The molecular formula is C17H22Cl2N4S2. The molecule has 2 heterocycles. The van der Waals surface area contributed by atoms with Gasteiger partial charge in [-0.05, 0) is 29.5 Å². The highest BCUT2D eigenvalue weighted by atomic mass is 35.5. The van der Waals surface area contributed by atoms with Crippen molar-refractivity contribution in [3.05, 3.63) is 42.0 Å². The number of nitrogens with zero attached hydrogens (tertiary/aromatic N) is 3. The Balaban J connectivity index is 0.00000156. The smallest absolute Gasteiger partial charge is 0.179 e. The van der Waals surface area contributed by atoms with Crippen molar-refractivity contribution in [1.82, 2.24) is 15.0 Å². The number of H-pyrrole nitrogens is 1. The number of benzene rings is 1. The molecule has 0 aliphatic rings. The molecule has 4 nitrogen and oxygen atoms in total. The van der Waals surface area contributed by atoms with Crippen LogP contribution in [-0.4, -0.2) is 34.8 Å². The maximum absolute atomic E-state index is 4.61. The van der Waals surface area contributed by atoms with Gasteiger partial charge >= 0.3 is 0 Å². The number of rotatable bonds is 6. The van der Waals surface area contributed by atoms with E-state index in [9.17, 15) is 0 Å². The van der Waals surface area contributed by atoms with Crippen LogP contribution in [0.2, 0.25) is 0 Å².